The minimum atomic E-state index is -4.43. The summed E-state index contributed by atoms with van der Waals surface area (Å²) >= 11 is 0. The van der Waals surface area contributed by atoms with Crippen molar-refractivity contribution in [1.82, 2.24) is 0 Å². The Morgan fingerprint density at radius 3 is 2.70 bits per heavy atom. The summed E-state index contributed by atoms with van der Waals surface area (Å²) in [6.45, 7) is 0.336. The van der Waals surface area contributed by atoms with E-state index < -0.39 is 23.8 Å². The van der Waals surface area contributed by atoms with E-state index in [4.69, 9.17) is 10.8 Å². The van der Waals surface area contributed by atoms with E-state index >= 15 is 0 Å². The number of aliphatic imine (C=N–C) groups is 1. The maximum atomic E-state index is 12.5. The third kappa shape index (κ3) is 5.00. The van der Waals surface area contributed by atoms with Crippen LogP contribution in [0.5, 0.6) is 0 Å². The summed E-state index contributed by atoms with van der Waals surface area (Å²) in [5, 5.41) is 8.93. The fourth-order valence-corrected chi connectivity index (χ4v) is 1.54. The van der Waals surface area contributed by atoms with Crippen LogP contribution in [0.2, 0.25) is 0 Å². The van der Waals surface area contributed by atoms with Gasteiger partial charge in [-0.3, -0.25) is 4.99 Å². The number of alkyl halides is 3. The van der Waals surface area contributed by atoms with E-state index in [1.54, 1.807) is 0 Å². The van der Waals surface area contributed by atoms with Gasteiger partial charge in [-0.25, -0.2) is 4.79 Å². The number of rotatable bonds is 6. The molecule has 0 bridgehead atoms. The fraction of sp³-hybridized carbons (Fsp3) is 0.385. The van der Waals surface area contributed by atoms with Crippen molar-refractivity contribution in [2.24, 2.45) is 10.7 Å². The molecule has 3 N–H and O–H groups in total. The number of carbonyl (C=O) groups is 1. The van der Waals surface area contributed by atoms with Gasteiger partial charge in [-0.05, 0) is 37.1 Å². The Bertz CT molecular complexity index is 487. The summed E-state index contributed by atoms with van der Waals surface area (Å²) in [5.74, 6) is -1.12. The minimum Gasteiger partial charge on any atom is -0.480 e. The Balaban J connectivity index is 2.85. The number of halogens is 3. The molecule has 0 unspecified atom stereocenters. The van der Waals surface area contributed by atoms with Gasteiger partial charge in [-0.1, -0.05) is 12.1 Å². The summed E-state index contributed by atoms with van der Waals surface area (Å²) < 4.78 is 37.5. The first-order valence-corrected chi connectivity index (χ1v) is 5.98. The van der Waals surface area contributed by atoms with Crippen LogP contribution in [0.1, 0.15) is 24.0 Å². The summed E-state index contributed by atoms with van der Waals surface area (Å²) in [7, 11) is 0. The Hall–Kier alpha value is -1.89. The second-order valence-corrected chi connectivity index (χ2v) is 4.19. The van der Waals surface area contributed by atoms with Crippen molar-refractivity contribution in [2.45, 2.75) is 25.1 Å². The third-order valence-electron chi connectivity index (χ3n) is 2.58. The SMILES string of the molecule is NCCC[C@H](N=Cc1cccc(C(F)(F)F)c1)C(=O)O. The highest BCUT2D eigenvalue weighted by molar-refractivity contribution is 5.83. The number of benzene rings is 1. The Labute approximate surface area is 114 Å². The number of nitrogens with zero attached hydrogens (tertiary/aromatic N) is 1. The second kappa shape index (κ2) is 7.04. The standard InChI is InChI=1S/C13H15F3N2O2/c14-13(15,16)10-4-1-3-9(7-10)8-18-11(12(19)20)5-2-6-17/h1,3-4,7-8,11H,2,5-6,17H2,(H,19,20)/t11-/m0/s1. The van der Waals surface area contributed by atoms with Crippen LogP contribution >= 0.6 is 0 Å². The fourth-order valence-electron chi connectivity index (χ4n) is 1.54. The van der Waals surface area contributed by atoms with Crippen LogP contribution in [0.3, 0.4) is 0 Å². The number of nitrogens with two attached hydrogens (primary N) is 1. The molecule has 0 amide bonds. The molecule has 110 valence electrons. The molecule has 4 nitrogen and oxygen atoms in total. The van der Waals surface area contributed by atoms with Crippen molar-refractivity contribution < 1.29 is 23.1 Å². The Kier molecular flexibility index (Phi) is 5.69. The monoisotopic (exact) mass is 288 g/mol. The van der Waals surface area contributed by atoms with Crippen molar-refractivity contribution in [3.63, 3.8) is 0 Å². The van der Waals surface area contributed by atoms with Gasteiger partial charge in [0.25, 0.3) is 0 Å². The normalized spacial score (nSPS) is 13.6. The maximum Gasteiger partial charge on any atom is 0.416 e. The van der Waals surface area contributed by atoms with Gasteiger partial charge in [0.05, 0.1) is 5.56 Å². The van der Waals surface area contributed by atoms with Crippen LogP contribution in [0.15, 0.2) is 29.3 Å². The Morgan fingerprint density at radius 1 is 1.45 bits per heavy atom. The third-order valence-corrected chi connectivity index (χ3v) is 2.58. The zero-order valence-electron chi connectivity index (χ0n) is 10.6. The molecule has 0 fully saturated rings. The molecule has 20 heavy (non-hydrogen) atoms. The lowest BCUT2D eigenvalue weighted by atomic mass is 10.1. The van der Waals surface area contributed by atoms with Gasteiger partial charge in [0.1, 0.15) is 6.04 Å². The summed E-state index contributed by atoms with van der Waals surface area (Å²) in [5.41, 5.74) is 4.69. The van der Waals surface area contributed by atoms with E-state index in [0.717, 1.165) is 18.3 Å². The van der Waals surface area contributed by atoms with E-state index in [9.17, 15) is 18.0 Å². The lowest BCUT2D eigenvalue weighted by Gasteiger charge is -2.08. The van der Waals surface area contributed by atoms with E-state index in [2.05, 4.69) is 4.99 Å². The van der Waals surface area contributed by atoms with Crippen LogP contribution in [0, 0.1) is 0 Å². The van der Waals surface area contributed by atoms with Gasteiger partial charge in [0.15, 0.2) is 0 Å². The molecule has 0 aliphatic heterocycles. The number of aliphatic carboxylic acids is 1. The maximum absolute atomic E-state index is 12.5. The minimum absolute atomic E-state index is 0.207. The van der Waals surface area contributed by atoms with E-state index in [1.165, 1.54) is 12.1 Å². The predicted octanol–water partition coefficient (Wildman–Crippen LogP) is 2.32. The number of hydrogen-bond acceptors (Lipinski definition) is 3. The molecule has 0 saturated carbocycles. The van der Waals surface area contributed by atoms with Crippen LogP contribution in [-0.2, 0) is 11.0 Å². The molecule has 0 aromatic heterocycles. The molecule has 0 heterocycles. The average Bonchev–Trinajstić information content (AvgIpc) is 2.37. The molecule has 1 aromatic rings. The molecule has 0 saturated heterocycles. The van der Waals surface area contributed by atoms with Crippen LogP contribution in [-0.4, -0.2) is 29.9 Å². The van der Waals surface area contributed by atoms with Gasteiger partial charge in [0, 0.05) is 6.21 Å². The molecular weight excluding hydrogens is 273 g/mol. The lowest BCUT2D eigenvalue weighted by molar-refractivity contribution is -0.139. The van der Waals surface area contributed by atoms with Gasteiger partial charge in [-0.15, -0.1) is 0 Å². The first-order valence-electron chi connectivity index (χ1n) is 5.98. The largest absolute Gasteiger partial charge is 0.480 e. The number of carboxylic acid groups (broad SMARTS) is 1. The van der Waals surface area contributed by atoms with Gasteiger partial charge in [-0.2, -0.15) is 13.2 Å². The van der Waals surface area contributed by atoms with Crippen LogP contribution in [0.4, 0.5) is 13.2 Å². The van der Waals surface area contributed by atoms with Crippen molar-refractivity contribution >= 4 is 12.2 Å². The van der Waals surface area contributed by atoms with Gasteiger partial charge < -0.3 is 10.8 Å². The summed E-state index contributed by atoms with van der Waals surface area (Å²) in [4.78, 5) is 14.7. The zero-order chi connectivity index (χ0) is 15.2. The summed E-state index contributed by atoms with van der Waals surface area (Å²) in [6, 6.07) is 3.56. The van der Waals surface area contributed by atoms with Crippen molar-refractivity contribution in [1.29, 1.82) is 0 Å². The molecule has 7 heteroatoms. The van der Waals surface area contributed by atoms with E-state index in [-0.39, 0.29) is 12.0 Å². The molecular formula is C13H15F3N2O2. The van der Waals surface area contributed by atoms with E-state index in [0.29, 0.717) is 13.0 Å². The lowest BCUT2D eigenvalue weighted by Crippen LogP contribution is -2.19. The van der Waals surface area contributed by atoms with Crippen molar-refractivity contribution in [3.05, 3.63) is 35.4 Å². The Morgan fingerprint density at radius 2 is 2.15 bits per heavy atom. The van der Waals surface area contributed by atoms with Crippen molar-refractivity contribution in [3.8, 4) is 0 Å². The molecule has 1 rings (SSSR count). The highest BCUT2D eigenvalue weighted by Gasteiger charge is 2.30. The second-order valence-electron chi connectivity index (χ2n) is 4.19. The smallest absolute Gasteiger partial charge is 0.416 e. The highest BCUT2D eigenvalue weighted by Crippen LogP contribution is 2.29. The first-order chi connectivity index (χ1) is 9.34. The molecule has 0 spiro atoms. The topological polar surface area (TPSA) is 75.7 Å². The van der Waals surface area contributed by atoms with Gasteiger partial charge in [0.2, 0.25) is 0 Å². The average molecular weight is 288 g/mol. The van der Waals surface area contributed by atoms with Gasteiger partial charge >= 0.3 is 12.1 Å². The highest BCUT2D eigenvalue weighted by atomic mass is 19.4. The number of hydrogen-bond donors (Lipinski definition) is 2. The molecule has 0 aliphatic rings. The molecule has 0 radical (unpaired) electrons. The number of carboxylic acids is 1. The molecule has 1 aromatic carbocycles. The van der Waals surface area contributed by atoms with Crippen LogP contribution < -0.4 is 5.73 Å². The van der Waals surface area contributed by atoms with Crippen molar-refractivity contribution in [2.75, 3.05) is 6.54 Å². The quantitative estimate of drug-likeness (QED) is 0.789. The predicted molar refractivity (Wildman–Crippen MR) is 68.8 cm³/mol. The first kappa shape index (κ1) is 16.2. The molecule has 1 atom stereocenters. The summed E-state index contributed by atoms with van der Waals surface area (Å²) in [6.07, 6.45) is -2.56. The van der Waals surface area contributed by atoms with E-state index in [1.807, 2.05) is 0 Å². The zero-order valence-corrected chi connectivity index (χ0v) is 10.6. The van der Waals surface area contributed by atoms with Crippen LogP contribution in [0.25, 0.3) is 0 Å². The molecule has 0 aliphatic carbocycles.